The number of anilines is 1. The Morgan fingerprint density at radius 3 is 2.13 bits per heavy atom. The molecule has 280 valence electrons. The van der Waals surface area contributed by atoms with E-state index in [0.717, 1.165) is 11.1 Å². The van der Waals surface area contributed by atoms with E-state index in [1.165, 1.54) is 24.7 Å². The zero-order valence-electron chi connectivity index (χ0n) is 30.0. The van der Waals surface area contributed by atoms with Crippen LogP contribution in [-0.2, 0) is 46.8 Å². The highest BCUT2D eigenvalue weighted by Crippen LogP contribution is 2.43. The van der Waals surface area contributed by atoms with Crippen LogP contribution in [0.25, 0.3) is 11.2 Å². The number of carbonyl (C=O) groups is 2. The largest absolute Gasteiger partial charge is 0.455 e. The van der Waals surface area contributed by atoms with Crippen molar-refractivity contribution in [2.24, 2.45) is 5.92 Å². The third-order valence-corrected chi connectivity index (χ3v) is 10.1. The van der Waals surface area contributed by atoms with Crippen LogP contribution < -0.4 is 10.0 Å². The van der Waals surface area contributed by atoms with Crippen molar-refractivity contribution in [2.75, 3.05) is 17.6 Å². The molecular formula is C36H42N8O8S. The lowest BCUT2D eigenvalue weighted by Crippen LogP contribution is -2.36. The van der Waals surface area contributed by atoms with Crippen LogP contribution >= 0.6 is 0 Å². The van der Waals surface area contributed by atoms with E-state index in [0.29, 0.717) is 30.1 Å². The summed E-state index contributed by atoms with van der Waals surface area (Å²) < 4.78 is 53.1. The number of rotatable bonds is 15. The molecule has 0 saturated carbocycles. The Labute approximate surface area is 306 Å². The first-order valence-corrected chi connectivity index (χ1v) is 18.9. The van der Waals surface area contributed by atoms with Gasteiger partial charge in [0.25, 0.3) is 5.89 Å². The van der Waals surface area contributed by atoms with Crippen LogP contribution in [0.15, 0.2) is 71.5 Å². The Hall–Kier alpha value is -5.26. The van der Waals surface area contributed by atoms with Crippen molar-refractivity contribution in [3.8, 4) is 0 Å². The highest BCUT2D eigenvalue weighted by atomic mass is 32.2. The van der Waals surface area contributed by atoms with Crippen molar-refractivity contribution in [2.45, 2.75) is 78.0 Å². The van der Waals surface area contributed by atoms with E-state index in [1.807, 2.05) is 81.4 Å². The molecule has 16 nitrogen and oxygen atoms in total. The molecule has 1 saturated heterocycles. The van der Waals surface area contributed by atoms with Gasteiger partial charge in [-0.1, -0.05) is 86.6 Å². The molecule has 0 radical (unpaired) electrons. The van der Waals surface area contributed by atoms with E-state index in [4.69, 9.17) is 28.7 Å². The summed E-state index contributed by atoms with van der Waals surface area (Å²) in [5.41, 5.74) is 2.72. The van der Waals surface area contributed by atoms with Gasteiger partial charge in [-0.3, -0.25) is 14.2 Å². The van der Waals surface area contributed by atoms with E-state index in [-0.39, 0.29) is 41.5 Å². The van der Waals surface area contributed by atoms with Gasteiger partial charge in [-0.2, -0.15) is 4.98 Å². The van der Waals surface area contributed by atoms with Crippen LogP contribution in [0, 0.1) is 5.92 Å². The predicted molar refractivity (Wildman–Crippen MR) is 192 cm³/mol. The first-order valence-electron chi connectivity index (χ1n) is 17.3. The molecule has 0 spiro atoms. The quantitative estimate of drug-likeness (QED) is 0.144. The minimum Gasteiger partial charge on any atom is -0.455 e. The number of benzene rings is 2. The summed E-state index contributed by atoms with van der Waals surface area (Å²) in [6.45, 7) is 8.11. The molecule has 0 bridgehead atoms. The standard InChI is InChI=1S/C36H42N8O8S/c1-6-27-42-35(52-43-27)31-30(49-22(4)45)32(50-23(5)46)36(51-31)44-20-38-29-33(40-28(41-34(29)44)18-39-53(47,48)19-21(2)3)37-17-26(24-13-9-7-10-14-24)25-15-11-8-12-16-25/h7-16,20-21,26,30-32,36,39H,6,17-19H2,1-5H3,(H,37,40,41)/t30-,31+,32-,36-/m1/s1. The van der Waals surface area contributed by atoms with Gasteiger partial charge in [0.15, 0.2) is 47.3 Å². The van der Waals surface area contributed by atoms with E-state index in [1.54, 1.807) is 0 Å². The average Bonchev–Trinajstić information content (AvgIpc) is 3.85. The smallest absolute Gasteiger partial charge is 0.303 e. The molecule has 0 unspecified atom stereocenters. The lowest BCUT2D eigenvalue weighted by Gasteiger charge is -2.23. The number of imidazole rings is 1. The maximum atomic E-state index is 12.9. The molecule has 5 aromatic rings. The van der Waals surface area contributed by atoms with Crippen molar-refractivity contribution < 1.29 is 36.7 Å². The Morgan fingerprint density at radius 2 is 1.55 bits per heavy atom. The number of hydrogen-bond acceptors (Lipinski definition) is 14. The lowest BCUT2D eigenvalue weighted by molar-refractivity contribution is -0.165. The second kappa shape index (κ2) is 16.2. The van der Waals surface area contributed by atoms with Crippen LogP contribution in [0.3, 0.4) is 0 Å². The Kier molecular flexibility index (Phi) is 11.4. The molecule has 1 fully saturated rings. The van der Waals surface area contributed by atoms with E-state index < -0.39 is 46.5 Å². The normalized spacial score (nSPS) is 18.8. The van der Waals surface area contributed by atoms with Crippen molar-refractivity contribution in [3.05, 3.63) is 95.7 Å². The van der Waals surface area contributed by atoms with Gasteiger partial charge in [-0.15, -0.1) is 0 Å². The van der Waals surface area contributed by atoms with Crippen LogP contribution in [0.2, 0.25) is 0 Å². The maximum Gasteiger partial charge on any atom is 0.303 e. The predicted octanol–water partition coefficient (Wildman–Crippen LogP) is 4.22. The zero-order chi connectivity index (χ0) is 37.7. The third kappa shape index (κ3) is 8.86. The van der Waals surface area contributed by atoms with Crippen LogP contribution in [0.5, 0.6) is 0 Å². The summed E-state index contributed by atoms with van der Waals surface area (Å²) >= 11 is 0. The zero-order valence-corrected chi connectivity index (χ0v) is 30.8. The number of sulfonamides is 1. The fraction of sp³-hybridized carbons (Fsp3) is 0.417. The Balaban J connectivity index is 1.43. The van der Waals surface area contributed by atoms with Crippen LogP contribution in [0.1, 0.15) is 81.5 Å². The monoisotopic (exact) mass is 746 g/mol. The topological polar surface area (TPSA) is 203 Å². The fourth-order valence-corrected chi connectivity index (χ4v) is 7.59. The number of aryl methyl sites for hydroxylation is 1. The number of ether oxygens (including phenoxy) is 3. The number of carbonyl (C=O) groups excluding carboxylic acids is 2. The van der Waals surface area contributed by atoms with E-state index in [2.05, 4.69) is 25.2 Å². The van der Waals surface area contributed by atoms with Crippen molar-refractivity contribution in [1.82, 2.24) is 34.4 Å². The summed E-state index contributed by atoms with van der Waals surface area (Å²) in [5.74, 6) is -0.665. The molecule has 3 aromatic heterocycles. The molecule has 0 aliphatic carbocycles. The molecule has 1 aliphatic rings. The van der Waals surface area contributed by atoms with Gasteiger partial charge in [0, 0.05) is 32.7 Å². The highest BCUT2D eigenvalue weighted by Gasteiger charge is 2.53. The fourth-order valence-electron chi connectivity index (χ4n) is 6.25. The summed E-state index contributed by atoms with van der Waals surface area (Å²) in [6.07, 6.45) is -2.71. The number of fused-ring (bicyclic) bond motifs is 1. The molecule has 53 heavy (non-hydrogen) atoms. The van der Waals surface area contributed by atoms with Gasteiger partial charge in [-0.25, -0.2) is 28.1 Å². The van der Waals surface area contributed by atoms with E-state index >= 15 is 0 Å². The molecule has 4 heterocycles. The van der Waals surface area contributed by atoms with Gasteiger partial charge in [0.05, 0.1) is 18.6 Å². The average molecular weight is 747 g/mol. The molecule has 6 rings (SSSR count). The number of esters is 2. The molecule has 2 N–H and O–H groups in total. The van der Waals surface area contributed by atoms with Gasteiger partial charge in [0.1, 0.15) is 5.82 Å². The lowest BCUT2D eigenvalue weighted by atomic mass is 9.91. The third-order valence-electron chi connectivity index (χ3n) is 8.46. The van der Waals surface area contributed by atoms with Gasteiger partial charge >= 0.3 is 11.9 Å². The van der Waals surface area contributed by atoms with Gasteiger partial charge in [0.2, 0.25) is 10.0 Å². The van der Waals surface area contributed by atoms with Gasteiger partial charge < -0.3 is 24.1 Å². The highest BCUT2D eigenvalue weighted by molar-refractivity contribution is 7.89. The Morgan fingerprint density at radius 1 is 0.906 bits per heavy atom. The van der Waals surface area contributed by atoms with Crippen LogP contribution in [0.4, 0.5) is 5.82 Å². The van der Waals surface area contributed by atoms with E-state index in [9.17, 15) is 18.0 Å². The first kappa shape index (κ1) is 37.5. The van der Waals surface area contributed by atoms with Crippen molar-refractivity contribution in [1.29, 1.82) is 0 Å². The number of hydrogen-bond donors (Lipinski definition) is 2. The maximum absolute atomic E-state index is 12.9. The second-order valence-corrected chi connectivity index (χ2v) is 14.9. The molecule has 1 aliphatic heterocycles. The first-order chi connectivity index (χ1) is 25.4. The Bertz CT molecular complexity index is 2100. The van der Waals surface area contributed by atoms with Gasteiger partial charge in [-0.05, 0) is 17.0 Å². The minimum atomic E-state index is -3.66. The summed E-state index contributed by atoms with van der Waals surface area (Å²) in [6, 6.07) is 20.0. The molecule has 17 heteroatoms. The van der Waals surface area contributed by atoms with Crippen LogP contribution in [-0.4, -0.2) is 74.5 Å². The number of nitrogens with zero attached hydrogens (tertiary/aromatic N) is 6. The number of aromatic nitrogens is 6. The summed E-state index contributed by atoms with van der Waals surface area (Å²) in [7, 11) is -3.66. The van der Waals surface area contributed by atoms with Crippen molar-refractivity contribution >= 4 is 38.9 Å². The van der Waals surface area contributed by atoms with Crippen molar-refractivity contribution in [3.63, 3.8) is 0 Å². The molecule has 4 atom stereocenters. The molecular weight excluding hydrogens is 705 g/mol. The number of nitrogens with one attached hydrogen (secondary N) is 2. The SMILES string of the molecule is CCc1noc([C@H]2O[C@@H](n3cnc4c(NCC(c5ccccc5)c5ccccc5)nc(CNS(=O)(=O)CC(C)C)nc43)[C@H](OC(C)=O)[C@@H]2OC(C)=O)n1. The molecule has 2 aromatic carbocycles. The summed E-state index contributed by atoms with van der Waals surface area (Å²) in [5, 5.41) is 7.41. The molecule has 0 amide bonds. The second-order valence-electron chi connectivity index (χ2n) is 13.1. The minimum absolute atomic E-state index is 0.0299. The summed E-state index contributed by atoms with van der Waals surface area (Å²) in [4.78, 5) is 43.3.